The monoisotopic (exact) mass is 265 g/mol. The highest BCUT2D eigenvalue weighted by molar-refractivity contribution is 5.93. The molecule has 0 aliphatic rings. The Hall–Kier alpha value is -1.71. The van der Waals surface area contributed by atoms with Crippen LogP contribution in [0.1, 0.15) is 44.0 Å². The van der Waals surface area contributed by atoms with Crippen molar-refractivity contribution in [3.63, 3.8) is 0 Å². The molecule has 0 bridgehead atoms. The molecule has 19 heavy (non-hydrogen) atoms. The minimum Gasteiger partial charge on any atom is -0.492 e. The zero-order valence-electron chi connectivity index (χ0n) is 11.9. The summed E-state index contributed by atoms with van der Waals surface area (Å²) < 4.78 is 10.7. The number of anilines is 1. The van der Waals surface area contributed by atoms with Crippen molar-refractivity contribution in [2.45, 2.75) is 33.6 Å². The third-order valence-electron chi connectivity index (χ3n) is 2.80. The van der Waals surface area contributed by atoms with Crippen LogP contribution in [0.4, 0.5) is 5.69 Å². The molecule has 1 atom stereocenters. The number of nitrogens with two attached hydrogens (primary N) is 1. The predicted molar refractivity (Wildman–Crippen MR) is 76.4 cm³/mol. The summed E-state index contributed by atoms with van der Waals surface area (Å²) in [7, 11) is 0. The number of hydrogen-bond acceptors (Lipinski definition) is 4. The lowest BCUT2D eigenvalue weighted by molar-refractivity contribution is 0.0521. The number of ether oxygens (including phenoxy) is 2. The molecule has 0 saturated heterocycles. The molecular weight excluding hydrogens is 242 g/mol. The number of hydrogen-bond donors (Lipinski definition) is 1. The largest absolute Gasteiger partial charge is 0.492 e. The van der Waals surface area contributed by atoms with Gasteiger partial charge < -0.3 is 15.2 Å². The van der Waals surface area contributed by atoms with Crippen LogP contribution in [0.25, 0.3) is 0 Å². The van der Waals surface area contributed by atoms with E-state index in [1.54, 1.807) is 25.1 Å². The van der Waals surface area contributed by atoms with Crippen LogP contribution >= 0.6 is 0 Å². The molecule has 0 radical (unpaired) electrons. The first-order valence-corrected chi connectivity index (χ1v) is 6.77. The average Bonchev–Trinajstić information content (AvgIpc) is 2.38. The molecular formula is C15H23NO3. The maximum Gasteiger partial charge on any atom is 0.341 e. The fourth-order valence-electron chi connectivity index (χ4n) is 1.85. The van der Waals surface area contributed by atoms with E-state index < -0.39 is 5.97 Å². The molecule has 0 amide bonds. The highest BCUT2D eigenvalue weighted by Gasteiger charge is 2.15. The van der Waals surface area contributed by atoms with E-state index in [0.29, 0.717) is 36.1 Å². The van der Waals surface area contributed by atoms with E-state index in [-0.39, 0.29) is 0 Å². The second-order valence-electron chi connectivity index (χ2n) is 4.68. The molecule has 2 N–H and O–H groups in total. The van der Waals surface area contributed by atoms with Gasteiger partial charge in [0.05, 0.1) is 13.2 Å². The van der Waals surface area contributed by atoms with Crippen LogP contribution in [0.5, 0.6) is 5.75 Å². The van der Waals surface area contributed by atoms with Gasteiger partial charge in [-0.25, -0.2) is 4.79 Å². The summed E-state index contributed by atoms with van der Waals surface area (Å²) in [5.74, 6) is 0.598. The summed E-state index contributed by atoms with van der Waals surface area (Å²) in [5.41, 5.74) is 6.62. The summed E-state index contributed by atoms with van der Waals surface area (Å²) >= 11 is 0. The van der Waals surface area contributed by atoms with Crippen molar-refractivity contribution in [1.82, 2.24) is 0 Å². The Morgan fingerprint density at radius 1 is 1.37 bits per heavy atom. The third-order valence-corrected chi connectivity index (χ3v) is 2.80. The molecule has 106 valence electrons. The highest BCUT2D eigenvalue weighted by Crippen LogP contribution is 2.23. The number of carbonyl (C=O) groups is 1. The SMILES string of the molecule is CCCC(C)COc1ccc(N)cc1C(=O)OCC. The van der Waals surface area contributed by atoms with Gasteiger partial charge in [0.15, 0.2) is 0 Å². The first-order chi connectivity index (χ1) is 9.08. The lowest BCUT2D eigenvalue weighted by Crippen LogP contribution is -2.12. The van der Waals surface area contributed by atoms with Gasteiger partial charge in [-0.15, -0.1) is 0 Å². The quantitative estimate of drug-likeness (QED) is 0.607. The lowest BCUT2D eigenvalue weighted by atomic mass is 10.1. The van der Waals surface area contributed by atoms with Crippen molar-refractivity contribution in [3.05, 3.63) is 23.8 Å². The Morgan fingerprint density at radius 3 is 2.74 bits per heavy atom. The van der Waals surface area contributed by atoms with Crippen LogP contribution in [0, 0.1) is 5.92 Å². The average molecular weight is 265 g/mol. The van der Waals surface area contributed by atoms with Crippen molar-refractivity contribution in [1.29, 1.82) is 0 Å². The van der Waals surface area contributed by atoms with Crippen LogP contribution in [0.15, 0.2) is 18.2 Å². The normalized spacial score (nSPS) is 11.9. The van der Waals surface area contributed by atoms with Crippen molar-refractivity contribution in [2.24, 2.45) is 5.92 Å². The molecule has 0 aliphatic heterocycles. The van der Waals surface area contributed by atoms with Crippen molar-refractivity contribution >= 4 is 11.7 Å². The van der Waals surface area contributed by atoms with Gasteiger partial charge in [0.2, 0.25) is 0 Å². The van der Waals surface area contributed by atoms with Crippen LogP contribution in [0.3, 0.4) is 0 Å². The number of rotatable bonds is 7. The van der Waals surface area contributed by atoms with Gasteiger partial charge in [-0.05, 0) is 37.5 Å². The Kier molecular flexibility index (Phi) is 6.19. The van der Waals surface area contributed by atoms with Crippen LogP contribution in [-0.2, 0) is 4.74 Å². The number of nitrogen functional groups attached to an aromatic ring is 1. The fourth-order valence-corrected chi connectivity index (χ4v) is 1.85. The summed E-state index contributed by atoms with van der Waals surface area (Å²) in [6.07, 6.45) is 2.22. The molecule has 0 spiro atoms. The molecule has 4 heteroatoms. The van der Waals surface area contributed by atoms with Gasteiger partial charge >= 0.3 is 5.97 Å². The highest BCUT2D eigenvalue weighted by atomic mass is 16.5. The van der Waals surface area contributed by atoms with E-state index in [9.17, 15) is 4.79 Å². The van der Waals surface area contributed by atoms with Crippen molar-refractivity contribution in [3.8, 4) is 5.75 Å². The Bertz CT molecular complexity index is 418. The van der Waals surface area contributed by atoms with Gasteiger partial charge in [0, 0.05) is 5.69 Å². The van der Waals surface area contributed by atoms with E-state index in [4.69, 9.17) is 15.2 Å². The minimum absolute atomic E-state index is 0.333. The third kappa shape index (κ3) is 4.81. The topological polar surface area (TPSA) is 61.5 Å². The summed E-state index contributed by atoms with van der Waals surface area (Å²) in [5, 5.41) is 0. The molecule has 0 aromatic heterocycles. The smallest absolute Gasteiger partial charge is 0.341 e. The summed E-state index contributed by atoms with van der Waals surface area (Å²) in [6.45, 7) is 6.96. The van der Waals surface area contributed by atoms with Crippen LogP contribution < -0.4 is 10.5 Å². The lowest BCUT2D eigenvalue weighted by Gasteiger charge is -2.15. The second kappa shape index (κ2) is 7.67. The Labute approximate surface area is 114 Å². The predicted octanol–water partition coefficient (Wildman–Crippen LogP) is 3.26. The van der Waals surface area contributed by atoms with Gasteiger partial charge in [0.1, 0.15) is 11.3 Å². The van der Waals surface area contributed by atoms with E-state index in [1.165, 1.54) is 0 Å². The van der Waals surface area contributed by atoms with E-state index >= 15 is 0 Å². The zero-order chi connectivity index (χ0) is 14.3. The fraction of sp³-hybridized carbons (Fsp3) is 0.533. The molecule has 0 saturated carbocycles. The minimum atomic E-state index is -0.395. The molecule has 4 nitrogen and oxygen atoms in total. The maximum atomic E-state index is 11.8. The summed E-state index contributed by atoms with van der Waals surface area (Å²) in [4.78, 5) is 11.8. The molecule has 0 heterocycles. The molecule has 1 aromatic rings. The zero-order valence-corrected chi connectivity index (χ0v) is 11.9. The van der Waals surface area contributed by atoms with Crippen molar-refractivity contribution < 1.29 is 14.3 Å². The first-order valence-electron chi connectivity index (χ1n) is 6.77. The summed E-state index contributed by atoms with van der Waals surface area (Å²) in [6, 6.07) is 5.04. The van der Waals surface area contributed by atoms with Gasteiger partial charge in [-0.2, -0.15) is 0 Å². The number of carbonyl (C=O) groups excluding carboxylic acids is 1. The molecule has 1 aromatic carbocycles. The molecule has 1 rings (SSSR count). The van der Waals surface area contributed by atoms with Crippen molar-refractivity contribution in [2.75, 3.05) is 18.9 Å². The maximum absolute atomic E-state index is 11.8. The molecule has 1 unspecified atom stereocenters. The van der Waals surface area contributed by atoms with Gasteiger partial charge in [0.25, 0.3) is 0 Å². The van der Waals surface area contributed by atoms with Gasteiger partial charge in [-0.3, -0.25) is 0 Å². The van der Waals surface area contributed by atoms with E-state index in [0.717, 1.165) is 12.8 Å². The van der Waals surface area contributed by atoms with Crippen LogP contribution in [0.2, 0.25) is 0 Å². The van der Waals surface area contributed by atoms with E-state index in [1.807, 2.05) is 0 Å². The molecule has 0 aliphatic carbocycles. The second-order valence-corrected chi connectivity index (χ2v) is 4.68. The molecule has 0 fully saturated rings. The van der Waals surface area contributed by atoms with Crippen LogP contribution in [-0.4, -0.2) is 19.2 Å². The standard InChI is InChI=1S/C15H23NO3/c1-4-6-11(3)10-19-14-8-7-12(16)9-13(14)15(17)18-5-2/h7-9,11H,4-6,10,16H2,1-3H3. The Morgan fingerprint density at radius 2 is 2.11 bits per heavy atom. The van der Waals surface area contributed by atoms with Gasteiger partial charge in [-0.1, -0.05) is 20.3 Å². The Balaban J connectivity index is 2.79. The number of esters is 1. The van der Waals surface area contributed by atoms with E-state index in [2.05, 4.69) is 13.8 Å². The number of benzene rings is 1. The first kappa shape index (κ1) is 15.3.